The number of hydrogen-bond acceptors (Lipinski definition) is 3. The molecule has 0 saturated carbocycles. The Morgan fingerprint density at radius 3 is 2.34 bits per heavy atom. The molecule has 0 spiro atoms. The molecule has 29 heavy (non-hydrogen) atoms. The maximum absolute atomic E-state index is 13.0. The Morgan fingerprint density at radius 1 is 1.14 bits per heavy atom. The summed E-state index contributed by atoms with van der Waals surface area (Å²) in [5, 5.41) is 3.44. The number of nitrogens with one attached hydrogen (secondary N) is 1. The highest BCUT2D eigenvalue weighted by atomic mass is 35.5. The maximum atomic E-state index is 13.0. The monoisotopic (exact) mass is 436 g/mol. The Bertz CT molecular complexity index is 895. The van der Waals surface area contributed by atoms with Gasteiger partial charge in [-0.05, 0) is 62.6 Å². The molecule has 1 N–H and O–H groups in total. The van der Waals surface area contributed by atoms with E-state index in [0.29, 0.717) is 21.4 Å². The van der Waals surface area contributed by atoms with E-state index in [-0.39, 0.29) is 25.0 Å². The molecule has 2 aromatic carbocycles. The Hall–Kier alpha value is -2.24. The van der Waals surface area contributed by atoms with Crippen LogP contribution in [0, 0.1) is 20.8 Å². The molecule has 2 aromatic rings. The molecule has 0 bridgehead atoms. The molecule has 156 valence electrons. The van der Waals surface area contributed by atoms with Gasteiger partial charge in [0, 0.05) is 29.2 Å². The number of amides is 2. The van der Waals surface area contributed by atoms with E-state index in [1.165, 1.54) is 11.9 Å². The summed E-state index contributed by atoms with van der Waals surface area (Å²) in [5.41, 5.74) is 3.70. The van der Waals surface area contributed by atoms with Crippen molar-refractivity contribution in [1.82, 2.24) is 10.2 Å². The minimum absolute atomic E-state index is 0.0983. The number of carbonyl (C=O) groups is 2. The number of carbonyl (C=O) groups excluding carboxylic acids is 2. The molecule has 1 atom stereocenters. The fourth-order valence-electron chi connectivity index (χ4n) is 3.02. The highest BCUT2D eigenvalue weighted by molar-refractivity contribution is 6.36. The number of nitrogens with zero attached hydrogens (tertiary/aromatic N) is 1. The molecular weight excluding hydrogens is 411 g/mol. The van der Waals surface area contributed by atoms with E-state index in [2.05, 4.69) is 11.4 Å². The van der Waals surface area contributed by atoms with E-state index in [4.69, 9.17) is 27.9 Å². The van der Waals surface area contributed by atoms with Gasteiger partial charge in [-0.1, -0.05) is 35.3 Å². The lowest BCUT2D eigenvalue weighted by atomic mass is 10.1. The maximum Gasteiger partial charge on any atom is 0.261 e. The van der Waals surface area contributed by atoms with Crippen LogP contribution >= 0.6 is 23.2 Å². The van der Waals surface area contributed by atoms with Gasteiger partial charge in [0.15, 0.2) is 6.61 Å². The van der Waals surface area contributed by atoms with Gasteiger partial charge < -0.3 is 15.0 Å². The van der Waals surface area contributed by atoms with E-state index in [0.717, 1.165) is 16.7 Å². The van der Waals surface area contributed by atoms with Crippen LogP contribution < -0.4 is 10.1 Å². The highest BCUT2D eigenvalue weighted by Crippen LogP contribution is 2.27. The van der Waals surface area contributed by atoms with Gasteiger partial charge in [-0.3, -0.25) is 9.59 Å². The summed E-state index contributed by atoms with van der Waals surface area (Å²) in [6.07, 6.45) is 0. The van der Waals surface area contributed by atoms with Crippen molar-refractivity contribution in [3.63, 3.8) is 0 Å². The van der Waals surface area contributed by atoms with Crippen LogP contribution in [0.15, 0.2) is 30.3 Å². The van der Waals surface area contributed by atoms with Crippen LogP contribution in [-0.4, -0.2) is 36.4 Å². The number of halogens is 2. The molecule has 0 unspecified atom stereocenters. The van der Waals surface area contributed by atoms with Gasteiger partial charge >= 0.3 is 0 Å². The van der Waals surface area contributed by atoms with Gasteiger partial charge in [-0.15, -0.1) is 0 Å². The minimum Gasteiger partial charge on any atom is -0.483 e. The first-order valence-electron chi connectivity index (χ1n) is 9.30. The Morgan fingerprint density at radius 2 is 1.76 bits per heavy atom. The van der Waals surface area contributed by atoms with Gasteiger partial charge in [0.2, 0.25) is 5.91 Å². The van der Waals surface area contributed by atoms with Crippen LogP contribution in [0.4, 0.5) is 0 Å². The first-order valence-corrected chi connectivity index (χ1v) is 10.1. The molecular formula is C22H26Cl2N2O3. The zero-order valence-corrected chi connectivity index (χ0v) is 18.8. The van der Waals surface area contributed by atoms with Crippen molar-refractivity contribution in [2.24, 2.45) is 0 Å². The fourth-order valence-corrected chi connectivity index (χ4v) is 3.54. The summed E-state index contributed by atoms with van der Waals surface area (Å²) >= 11 is 12.5. The third-order valence-corrected chi connectivity index (χ3v) is 5.63. The zero-order chi connectivity index (χ0) is 21.7. The molecule has 0 heterocycles. The van der Waals surface area contributed by atoms with Gasteiger partial charge in [0.25, 0.3) is 5.91 Å². The second-order valence-electron chi connectivity index (χ2n) is 7.01. The summed E-state index contributed by atoms with van der Waals surface area (Å²) in [6.45, 7) is 7.47. The van der Waals surface area contributed by atoms with Crippen molar-refractivity contribution in [1.29, 1.82) is 0 Å². The third-order valence-electron chi connectivity index (χ3n) is 4.92. The lowest BCUT2D eigenvalue weighted by Gasteiger charge is -2.29. The lowest BCUT2D eigenvalue weighted by molar-refractivity contribution is -0.142. The number of ether oxygens (including phenoxy) is 1. The van der Waals surface area contributed by atoms with Crippen molar-refractivity contribution in [2.75, 3.05) is 13.7 Å². The molecule has 0 aromatic heterocycles. The van der Waals surface area contributed by atoms with Gasteiger partial charge in [0.05, 0.1) is 0 Å². The van der Waals surface area contributed by atoms with E-state index >= 15 is 0 Å². The van der Waals surface area contributed by atoms with Crippen molar-refractivity contribution in [3.05, 3.63) is 62.6 Å². The molecule has 2 rings (SSSR count). The number of benzene rings is 2. The molecule has 0 aliphatic heterocycles. The first kappa shape index (κ1) is 23.0. The lowest BCUT2D eigenvalue weighted by Crippen LogP contribution is -2.48. The molecule has 2 amide bonds. The standard InChI is InChI=1S/C22H26Cl2N2O3/c1-13-9-14(2)15(3)20(10-13)29-12-21(27)26(16(4)22(28)25-5)11-17-18(23)7-6-8-19(17)24/h6-10,16H,11-12H2,1-5H3,(H,25,28)/t16-/m0/s1. The Balaban J connectivity index is 2.26. The summed E-state index contributed by atoms with van der Waals surface area (Å²) in [5.74, 6) is 0.0268. The average molecular weight is 437 g/mol. The summed E-state index contributed by atoms with van der Waals surface area (Å²) in [6, 6.07) is 8.37. The average Bonchev–Trinajstić information content (AvgIpc) is 2.68. The molecule has 0 radical (unpaired) electrons. The van der Waals surface area contributed by atoms with Crippen molar-refractivity contribution in [3.8, 4) is 5.75 Å². The second-order valence-corrected chi connectivity index (χ2v) is 7.82. The van der Waals surface area contributed by atoms with E-state index in [1.54, 1.807) is 25.1 Å². The van der Waals surface area contributed by atoms with Gasteiger partial charge in [0.1, 0.15) is 11.8 Å². The smallest absolute Gasteiger partial charge is 0.261 e. The topological polar surface area (TPSA) is 58.6 Å². The van der Waals surface area contributed by atoms with Crippen LogP contribution in [0.2, 0.25) is 10.0 Å². The largest absolute Gasteiger partial charge is 0.483 e. The highest BCUT2D eigenvalue weighted by Gasteiger charge is 2.27. The van der Waals surface area contributed by atoms with Crippen LogP contribution in [-0.2, 0) is 16.1 Å². The van der Waals surface area contributed by atoms with E-state index in [1.807, 2.05) is 26.8 Å². The zero-order valence-electron chi connectivity index (χ0n) is 17.3. The summed E-state index contributed by atoms with van der Waals surface area (Å²) < 4.78 is 5.81. The predicted molar refractivity (Wildman–Crippen MR) is 117 cm³/mol. The normalized spacial score (nSPS) is 11.7. The summed E-state index contributed by atoms with van der Waals surface area (Å²) in [4.78, 5) is 26.7. The SMILES string of the molecule is CNC(=O)[C@H](C)N(Cc1c(Cl)cccc1Cl)C(=O)COc1cc(C)cc(C)c1C. The van der Waals surface area contributed by atoms with Crippen LogP contribution in [0.5, 0.6) is 5.75 Å². The number of aryl methyl sites for hydroxylation is 2. The quantitative estimate of drug-likeness (QED) is 0.696. The molecule has 7 heteroatoms. The third kappa shape index (κ3) is 5.64. The summed E-state index contributed by atoms with van der Waals surface area (Å²) in [7, 11) is 1.53. The van der Waals surface area contributed by atoms with Gasteiger partial charge in [-0.25, -0.2) is 0 Å². The molecule has 0 fully saturated rings. The molecule has 0 saturated heterocycles. The van der Waals surface area contributed by atoms with Crippen molar-refractivity contribution in [2.45, 2.75) is 40.3 Å². The second kappa shape index (κ2) is 9.99. The Kier molecular flexibility index (Phi) is 7.94. The van der Waals surface area contributed by atoms with Gasteiger partial charge in [-0.2, -0.15) is 0 Å². The van der Waals surface area contributed by atoms with E-state index < -0.39 is 6.04 Å². The van der Waals surface area contributed by atoms with Crippen LogP contribution in [0.3, 0.4) is 0 Å². The number of rotatable bonds is 7. The van der Waals surface area contributed by atoms with E-state index in [9.17, 15) is 9.59 Å². The van der Waals surface area contributed by atoms with Crippen LogP contribution in [0.25, 0.3) is 0 Å². The number of hydrogen-bond donors (Lipinski definition) is 1. The minimum atomic E-state index is -0.719. The fraction of sp³-hybridized carbons (Fsp3) is 0.364. The predicted octanol–water partition coefficient (Wildman–Crippen LogP) is 4.46. The molecule has 5 nitrogen and oxygen atoms in total. The van der Waals surface area contributed by atoms with Crippen molar-refractivity contribution >= 4 is 35.0 Å². The van der Waals surface area contributed by atoms with Crippen molar-refractivity contribution < 1.29 is 14.3 Å². The van der Waals surface area contributed by atoms with Crippen LogP contribution in [0.1, 0.15) is 29.2 Å². The first-order chi connectivity index (χ1) is 13.6. The molecule has 0 aliphatic carbocycles. The Labute approximate surface area is 181 Å². The molecule has 0 aliphatic rings. The number of likely N-dealkylation sites (N-methyl/N-ethyl adjacent to an activating group) is 1.